The van der Waals surface area contributed by atoms with Gasteiger partial charge in [-0.15, -0.1) is 0 Å². The van der Waals surface area contributed by atoms with E-state index in [1.807, 2.05) is 18.3 Å². The summed E-state index contributed by atoms with van der Waals surface area (Å²) in [6.45, 7) is 1.23. The largest absolute Gasteiger partial charge is 0.338 e. The molecule has 0 aromatic carbocycles. The fraction of sp³-hybridized carbons (Fsp3) is 0.375. The number of rotatable bonds is 3. The molecule has 0 radical (unpaired) electrons. The Balaban J connectivity index is 1.71. The third-order valence-corrected chi connectivity index (χ3v) is 4.10. The van der Waals surface area contributed by atoms with Crippen molar-refractivity contribution < 1.29 is 4.79 Å². The molecule has 7 heteroatoms. The lowest BCUT2D eigenvalue weighted by molar-refractivity contribution is 0.0671. The minimum absolute atomic E-state index is 0.0216. The second-order valence-corrected chi connectivity index (χ2v) is 5.81. The van der Waals surface area contributed by atoms with Gasteiger partial charge in [-0.3, -0.25) is 19.6 Å². The van der Waals surface area contributed by atoms with Crippen molar-refractivity contribution in [3.63, 3.8) is 0 Å². The fourth-order valence-corrected chi connectivity index (χ4v) is 3.01. The van der Waals surface area contributed by atoms with Gasteiger partial charge in [0.05, 0.1) is 0 Å². The summed E-state index contributed by atoms with van der Waals surface area (Å²) in [5.41, 5.74) is -0.131. The van der Waals surface area contributed by atoms with Crippen molar-refractivity contribution in [3.8, 4) is 0 Å². The van der Waals surface area contributed by atoms with Gasteiger partial charge in [0.25, 0.3) is 11.5 Å². The fourth-order valence-electron chi connectivity index (χ4n) is 3.01. The first-order valence-corrected chi connectivity index (χ1v) is 7.63. The smallest absolute Gasteiger partial charge is 0.325 e. The number of pyridine rings is 1. The van der Waals surface area contributed by atoms with Gasteiger partial charge in [0, 0.05) is 31.7 Å². The maximum Gasteiger partial charge on any atom is 0.325 e. The lowest BCUT2D eigenvalue weighted by Crippen LogP contribution is -2.43. The molecule has 0 aliphatic carbocycles. The van der Waals surface area contributed by atoms with Crippen LogP contribution in [0.25, 0.3) is 0 Å². The second kappa shape index (κ2) is 6.60. The Morgan fingerprint density at radius 3 is 3.00 bits per heavy atom. The van der Waals surface area contributed by atoms with Crippen molar-refractivity contribution in [2.45, 2.75) is 19.3 Å². The van der Waals surface area contributed by atoms with Gasteiger partial charge in [-0.05, 0) is 36.8 Å². The van der Waals surface area contributed by atoms with E-state index in [2.05, 4.69) is 15.0 Å². The van der Waals surface area contributed by atoms with Gasteiger partial charge >= 0.3 is 5.69 Å². The number of likely N-dealkylation sites (tertiary alicyclic amines) is 1. The maximum atomic E-state index is 12.5. The third kappa shape index (κ3) is 3.56. The monoisotopic (exact) mass is 314 g/mol. The zero-order valence-corrected chi connectivity index (χ0v) is 12.6. The number of carbonyl (C=O) groups is 1. The quantitative estimate of drug-likeness (QED) is 0.864. The number of aromatic nitrogens is 3. The molecule has 3 heterocycles. The average molecular weight is 314 g/mol. The summed E-state index contributed by atoms with van der Waals surface area (Å²) in [7, 11) is 0. The van der Waals surface area contributed by atoms with Crippen molar-refractivity contribution in [1.29, 1.82) is 0 Å². The average Bonchev–Trinajstić information content (AvgIpc) is 2.55. The van der Waals surface area contributed by atoms with Crippen molar-refractivity contribution >= 4 is 5.91 Å². The van der Waals surface area contributed by atoms with E-state index in [9.17, 15) is 14.4 Å². The van der Waals surface area contributed by atoms with Crippen LogP contribution < -0.4 is 11.2 Å². The number of piperidine rings is 1. The van der Waals surface area contributed by atoms with Gasteiger partial charge < -0.3 is 9.88 Å². The maximum absolute atomic E-state index is 12.5. The highest BCUT2D eigenvalue weighted by atomic mass is 16.2. The molecule has 1 aliphatic heterocycles. The van der Waals surface area contributed by atoms with E-state index in [0.29, 0.717) is 19.0 Å². The minimum Gasteiger partial charge on any atom is -0.338 e. The predicted octanol–water partition coefficient (Wildman–Crippen LogP) is 0.553. The van der Waals surface area contributed by atoms with Crippen molar-refractivity contribution in [2.24, 2.45) is 5.92 Å². The Hall–Kier alpha value is -2.70. The number of nitrogens with zero attached hydrogens (tertiary/aromatic N) is 2. The Labute approximate surface area is 132 Å². The van der Waals surface area contributed by atoms with E-state index < -0.39 is 11.2 Å². The summed E-state index contributed by atoms with van der Waals surface area (Å²) >= 11 is 0. The van der Waals surface area contributed by atoms with Crippen molar-refractivity contribution in [2.75, 3.05) is 13.1 Å². The van der Waals surface area contributed by atoms with Crippen molar-refractivity contribution in [1.82, 2.24) is 19.9 Å². The van der Waals surface area contributed by atoms with E-state index in [1.54, 1.807) is 11.1 Å². The summed E-state index contributed by atoms with van der Waals surface area (Å²) < 4.78 is 0. The van der Waals surface area contributed by atoms with E-state index in [0.717, 1.165) is 24.8 Å². The highest BCUT2D eigenvalue weighted by Crippen LogP contribution is 2.21. The Bertz CT molecular complexity index is 797. The highest BCUT2D eigenvalue weighted by molar-refractivity contribution is 5.93. The molecular weight excluding hydrogens is 296 g/mol. The Morgan fingerprint density at radius 1 is 1.39 bits per heavy atom. The van der Waals surface area contributed by atoms with Gasteiger partial charge in [0.1, 0.15) is 5.56 Å². The van der Waals surface area contributed by atoms with Gasteiger partial charge in [-0.1, -0.05) is 6.07 Å². The first kappa shape index (κ1) is 15.2. The van der Waals surface area contributed by atoms with Crippen LogP contribution in [0, 0.1) is 5.92 Å². The molecule has 7 nitrogen and oxygen atoms in total. The molecule has 1 aliphatic rings. The van der Waals surface area contributed by atoms with E-state index in [4.69, 9.17) is 0 Å². The lowest BCUT2D eigenvalue weighted by Gasteiger charge is -2.32. The number of amides is 1. The molecule has 1 amide bonds. The molecule has 23 heavy (non-hydrogen) atoms. The van der Waals surface area contributed by atoms with Crippen LogP contribution in [-0.2, 0) is 6.42 Å². The van der Waals surface area contributed by atoms with Gasteiger partial charge in [-0.2, -0.15) is 0 Å². The molecule has 2 aromatic heterocycles. The Kier molecular flexibility index (Phi) is 4.36. The molecule has 0 saturated carbocycles. The number of aromatic amines is 2. The first-order valence-electron chi connectivity index (χ1n) is 7.63. The normalized spacial score (nSPS) is 17.9. The van der Waals surface area contributed by atoms with E-state index in [1.165, 1.54) is 6.20 Å². The number of carbonyl (C=O) groups excluding carboxylic acids is 1. The highest BCUT2D eigenvalue weighted by Gasteiger charge is 2.26. The first-order chi connectivity index (χ1) is 11.1. The number of hydrogen-bond donors (Lipinski definition) is 2. The van der Waals surface area contributed by atoms with Gasteiger partial charge in [0.2, 0.25) is 0 Å². The molecule has 2 N–H and O–H groups in total. The van der Waals surface area contributed by atoms with Crippen LogP contribution >= 0.6 is 0 Å². The molecule has 0 spiro atoms. The molecular formula is C16H18N4O3. The number of hydrogen-bond acceptors (Lipinski definition) is 4. The third-order valence-electron chi connectivity index (χ3n) is 4.10. The number of nitrogens with one attached hydrogen (secondary N) is 2. The summed E-state index contributed by atoms with van der Waals surface area (Å²) in [6, 6.07) is 3.93. The summed E-state index contributed by atoms with van der Waals surface area (Å²) in [4.78, 5) is 45.6. The summed E-state index contributed by atoms with van der Waals surface area (Å²) in [5.74, 6) is 0.0112. The second-order valence-electron chi connectivity index (χ2n) is 5.81. The van der Waals surface area contributed by atoms with Gasteiger partial charge in [0.15, 0.2) is 0 Å². The molecule has 0 unspecified atom stereocenters. The van der Waals surface area contributed by atoms with Crippen LogP contribution in [-0.4, -0.2) is 38.8 Å². The zero-order valence-electron chi connectivity index (χ0n) is 12.6. The standard InChI is InChI=1S/C16H18N4O3/c21-14-13(9-18-16(23)19-14)15(22)20-6-2-4-12(10-20)7-11-3-1-5-17-8-11/h1,3,5,8-9,12H,2,4,6-7,10H2,(H2,18,19,21,23)/t12-/m1/s1. The Morgan fingerprint density at radius 2 is 2.26 bits per heavy atom. The van der Waals surface area contributed by atoms with Crippen molar-refractivity contribution in [3.05, 3.63) is 62.7 Å². The predicted molar refractivity (Wildman–Crippen MR) is 84.3 cm³/mol. The number of H-pyrrole nitrogens is 2. The molecule has 120 valence electrons. The zero-order chi connectivity index (χ0) is 16.2. The SMILES string of the molecule is O=C(c1c[nH]c(=O)[nH]c1=O)N1CCC[C@H](Cc2cccnc2)C1. The molecule has 1 fully saturated rings. The molecule has 2 aromatic rings. The van der Waals surface area contributed by atoms with Crippen LogP contribution in [0.3, 0.4) is 0 Å². The van der Waals surface area contributed by atoms with E-state index >= 15 is 0 Å². The minimum atomic E-state index is -0.645. The molecule has 3 rings (SSSR count). The summed E-state index contributed by atoms with van der Waals surface area (Å²) in [5, 5.41) is 0. The van der Waals surface area contributed by atoms with Gasteiger partial charge in [-0.25, -0.2) is 4.79 Å². The van der Waals surface area contributed by atoms with E-state index in [-0.39, 0.29) is 11.5 Å². The molecule has 1 saturated heterocycles. The van der Waals surface area contributed by atoms with Crippen LogP contribution in [0.5, 0.6) is 0 Å². The van der Waals surface area contributed by atoms with Crippen LogP contribution in [0.1, 0.15) is 28.8 Å². The topological polar surface area (TPSA) is 98.9 Å². The van der Waals surface area contributed by atoms with Crippen LogP contribution in [0.15, 0.2) is 40.3 Å². The molecule has 0 bridgehead atoms. The lowest BCUT2D eigenvalue weighted by atomic mass is 9.91. The van der Waals surface area contributed by atoms with Crippen LogP contribution in [0.4, 0.5) is 0 Å². The molecule has 1 atom stereocenters. The van der Waals surface area contributed by atoms with Crippen LogP contribution in [0.2, 0.25) is 0 Å². The summed E-state index contributed by atoms with van der Waals surface area (Å²) in [6.07, 6.45) is 7.57.